The van der Waals surface area contributed by atoms with Gasteiger partial charge in [0.15, 0.2) is 10.9 Å². The number of Topliss-reactive ketones (excluding diaryl/α,β-unsaturated/α-hetero) is 1. The Hall–Kier alpha value is -1.59. The van der Waals surface area contributed by atoms with Gasteiger partial charge in [-0.1, -0.05) is 18.5 Å². The van der Waals surface area contributed by atoms with Gasteiger partial charge in [0, 0.05) is 34.8 Å². The molecule has 0 aromatic heterocycles. The first-order chi connectivity index (χ1) is 12.1. The Morgan fingerprint density at radius 1 is 1.36 bits per heavy atom. The number of benzene rings is 1. The molecular formula is C19H23ClN2O2S. The van der Waals surface area contributed by atoms with E-state index in [1.807, 2.05) is 30.0 Å². The molecule has 3 rings (SSSR count). The Kier molecular flexibility index (Phi) is 5.64. The number of ketones is 1. The molecule has 0 bridgehead atoms. The monoisotopic (exact) mass is 378 g/mol. The van der Waals surface area contributed by atoms with Crippen LogP contribution < -0.4 is 10.1 Å². The highest BCUT2D eigenvalue weighted by Gasteiger charge is 2.37. The molecule has 1 aliphatic carbocycles. The van der Waals surface area contributed by atoms with Crippen LogP contribution in [0.5, 0.6) is 5.75 Å². The third-order valence-electron chi connectivity index (χ3n) is 4.62. The van der Waals surface area contributed by atoms with Crippen molar-refractivity contribution in [1.82, 2.24) is 10.2 Å². The van der Waals surface area contributed by atoms with E-state index in [0.717, 1.165) is 48.4 Å². The fourth-order valence-electron chi connectivity index (χ4n) is 3.51. The summed E-state index contributed by atoms with van der Waals surface area (Å²) < 4.78 is 5.91. The van der Waals surface area contributed by atoms with Crippen LogP contribution >= 0.6 is 23.8 Å². The van der Waals surface area contributed by atoms with Crippen molar-refractivity contribution in [3.05, 3.63) is 40.1 Å². The molecule has 2 aliphatic rings. The topological polar surface area (TPSA) is 41.6 Å². The quantitative estimate of drug-likeness (QED) is 0.770. The highest BCUT2D eigenvalue weighted by molar-refractivity contribution is 7.80. The molecule has 1 atom stereocenters. The lowest BCUT2D eigenvalue weighted by atomic mass is 9.84. The lowest BCUT2D eigenvalue weighted by Gasteiger charge is -2.40. The molecule has 4 nitrogen and oxygen atoms in total. The minimum atomic E-state index is -0.302. The second-order valence-electron chi connectivity index (χ2n) is 6.29. The molecule has 25 heavy (non-hydrogen) atoms. The summed E-state index contributed by atoms with van der Waals surface area (Å²) in [5, 5.41) is 4.62. The second kappa shape index (κ2) is 7.75. The van der Waals surface area contributed by atoms with Gasteiger partial charge in [-0.2, -0.15) is 0 Å². The van der Waals surface area contributed by atoms with E-state index in [0.29, 0.717) is 23.2 Å². The highest BCUT2D eigenvalue weighted by atomic mass is 35.5. The van der Waals surface area contributed by atoms with Crippen LogP contribution in [0.4, 0.5) is 0 Å². The lowest BCUT2D eigenvalue weighted by Crippen LogP contribution is -2.49. The van der Waals surface area contributed by atoms with E-state index < -0.39 is 0 Å². The SMILES string of the molecule is CCCOc1ccc(Cl)cc1C1NC(=S)N(CC)C2=C1C(=O)CCC2. The predicted molar refractivity (Wildman–Crippen MR) is 104 cm³/mol. The van der Waals surface area contributed by atoms with Gasteiger partial charge in [-0.05, 0) is 56.6 Å². The van der Waals surface area contributed by atoms with Gasteiger partial charge in [-0.25, -0.2) is 0 Å². The van der Waals surface area contributed by atoms with Crippen LogP contribution in [0.15, 0.2) is 29.5 Å². The molecule has 1 N–H and O–H groups in total. The molecule has 1 heterocycles. The average molecular weight is 379 g/mol. The third kappa shape index (κ3) is 3.53. The summed E-state index contributed by atoms with van der Waals surface area (Å²) in [7, 11) is 0. The summed E-state index contributed by atoms with van der Waals surface area (Å²) in [4.78, 5) is 14.8. The maximum atomic E-state index is 12.7. The number of hydrogen-bond donors (Lipinski definition) is 1. The molecule has 0 fully saturated rings. The van der Waals surface area contributed by atoms with Crippen molar-refractivity contribution >= 4 is 34.7 Å². The zero-order valence-electron chi connectivity index (χ0n) is 14.6. The summed E-state index contributed by atoms with van der Waals surface area (Å²) >= 11 is 11.8. The molecule has 0 spiro atoms. The molecule has 1 aromatic rings. The van der Waals surface area contributed by atoms with E-state index in [1.54, 1.807) is 0 Å². The third-order valence-corrected chi connectivity index (χ3v) is 5.19. The minimum absolute atomic E-state index is 0.182. The summed E-state index contributed by atoms with van der Waals surface area (Å²) in [6, 6.07) is 5.26. The van der Waals surface area contributed by atoms with Crippen molar-refractivity contribution in [3.8, 4) is 5.75 Å². The summed E-state index contributed by atoms with van der Waals surface area (Å²) in [5.41, 5.74) is 2.74. The van der Waals surface area contributed by atoms with Gasteiger partial charge in [0.25, 0.3) is 0 Å². The van der Waals surface area contributed by atoms with Gasteiger partial charge in [0.1, 0.15) is 5.75 Å². The summed E-state index contributed by atoms with van der Waals surface area (Å²) in [6.45, 7) is 5.48. The van der Waals surface area contributed by atoms with Crippen LogP contribution in [0, 0.1) is 0 Å². The number of carbonyl (C=O) groups is 1. The normalized spacial score (nSPS) is 20.4. The maximum absolute atomic E-state index is 12.7. The first-order valence-corrected chi connectivity index (χ1v) is 9.62. The standard InChI is InChI=1S/C19H23ClN2O2S/c1-3-10-24-16-9-8-12(20)11-13(16)18-17-14(6-5-7-15(17)23)22(4-2)19(25)21-18/h8-9,11,18H,3-7,10H2,1-2H3,(H,21,25). The minimum Gasteiger partial charge on any atom is -0.493 e. The molecule has 1 aromatic carbocycles. The van der Waals surface area contributed by atoms with Gasteiger partial charge in [-0.15, -0.1) is 0 Å². The molecule has 1 unspecified atom stereocenters. The van der Waals surface area contributed by atoms with E-state index >= 15 is 0 Å². The van der Waals surface area contributed by atoms with Crippen molar-refractivity contribution in [2.24, 2.45) is 0 Å². The first-order valence-electron chi connectivity index (χ1n) is 8.83. The second-order valence-corrected chi connectivity index (χ2v) is 7.12. The summed E-state index contributed by atoms with van der Waals surface area (Å²) in [6.07, 6.45) is 3.24. The van der Waals surface area contributed by atoms with Gasteiger partial charge >= 0.3 is 0 Å². The number of nitrogens with one attached hydrogen (secondary N) is 1. The highest BCUT2D eigenvalue weighted by Crippen LogP contribution is 2.40. The Labute approximate surface area is 159 Å². The zero-order chi connectivity index (χ0) is 18.0. The van der Waals surface area contributed by atoms with Crippen molar-refractivity contribution in [2.75, 3.05) is 13.2 Å². The molecule has 134 valence electrons. The van der Waals surface area contributed by atoms with Crippen LogP contribution in [0.25, 0.3) is 0 Å². The number of carbonyl (C=O) groups excluding carboxylic acids is 1. The smallest absolute Gasteiger partial charge is 0.173 e. The Morgan fingerprint density at radius 3 is 2.88 bits per heavy atom. The maximum Gasteiger partial charge on any atom is 0.173 e. The number of ether oxygens (including phenoxy) is 1. The molecule has 0 amide bonds. The summed E-state index contributed by atoms with van der Waals surface area (Å²) in [5.74, 6) is 0.933. The van der Waals surface area contributed by atoms with Crippen LogP contribution in [0.2, 0.25) is 5.02 Å². The molecular weight excluding hydrogens is 356 g/mol. The number of rotatable bonds is 5. The number of halogens is 1. The van der Waals surface area contributed by atoms with Crippen LogP contribution in [0.1, 0.15) is 51.1 Å². The van der Waals surface area contributed by atoms with Crippen LogP contribution in [-0.4, -0.2) is 28.9 Å². The van der Waals surface area contributed by atoms with E-state index in [9.17, 15) is 4.79 Å². The van der Waals surface area contributed by atoms with Crippen molar-refractivity contribution in [2.45, 2.75) is 45.6 Å². The molecule has 1 aliphatic heterocycles. The molecule has 0 radical (unpaired) electrons. The Morgan fingerprint density at radius 2 is 2.16 bits per heavy atom. The fraction of sp³-hybridized carbons (Fsp3) is 0.474. The van der Waals surface area contributed by atoms with Crippen molar-refractivity contribution < 1.29 is 9.53 Å². The van der Waals surface area contributed by atoms with E-state index in [-0.39, 0.29) is 11.8 Å². The van der Waals surface area contributed by atoms with Gasteiger partial charge in [0.2, 0.25) is 0 Å². The average Bonchev–Trinajstić information content (AvgIpc) is 2.60. The van der Waals surface area contributed by atoms with Crippen LogP contribution in [-0.2, 0) is 4.79 Å². The van der Waals surface area contributed by atoms with E-state index in [1.165, 1.54) is 0 Å². The van der Waals surface area contributed by atoms with Gasteiger partial charge in [-0.3, -0.25) is 4.79 Å². The number of thiocarbonyl (C=S) groups is 1. The molecule has 0 saturated heterocycles. The van der Waals surface area contributed by atoms with Crippen molar-refractivity contribution in [1.29, 1.82) is 0 Å². The zero-order valence-corrected chi connectivity index (χ0v) is 16.2. The first kappa shape index (κ1) is 18.2. The van der Waals surface area contributed by atoms with Gasteiger partial charge < -0.3 is 15.0 Å². The number of allylic oxidation sites excluding steroid dienone is 1. The van der Waals surface area contributed by atoms with E-state index in [2.05, 4.69) is 12.2 Å². The molecule has 0 saturated carbocycles. The Balaban J connectivity index is 2.11. The largest absolute Gasteiger partial charge is 0.493 e. The lowest BCUT2D eigenvalue weighted by molar-refractivity contribution is -0.116. The number of nitrogens with zero attached hydrogens (tertiary/aromatic N) is 1. The van der Waals surface area contributed by atoms with Gasteiger partial charge in [0.05, 0.1) is 12.6 Å². The van der Waals surface area contributed by atoms with Crippen molar-refractivity contribution in [3.63, 3.8) is 0 Å². The Bertz CT molecular complexity index is 732. The number of hydrogen-bond acceptors (Lipinski definition) is 3. The fourth-order valence-corrected chi connectivity index (χ4v) is 4.04. The predicted octanol–water partition coefficient (Wildman–Crippen LogP) is 4.39. The van der Waals surface area contributed by atoms with Crippen LogP contribution in [0.3, 0.4) is 0 Å². The molecule has 6 heteroatoms. The van der Waals surface area contributed by atoms with E-state index in [4.69, 9.17) is 28.6 Å².